The topological polar surface area (TPSA) is 31.2 Å². The Morgan fingerprint density at radius 2 is 1.22 bits per heavy atom. The predicted molar refractivity (Wildman–Crippen MR) is 97.0 cm³/mol. The highest BCUT2D eigenvalue weighted by Crippen LogP contribution is 2.28. The number of esters is 1. The number of aromatic nitrogens is 1. The van der Waals surface area contributed by atoms with Gasteiger partial charge >= 0.3 is 5.97 Å². The van der Waals surface area contributed by atoms with Gasteiger partial charge in [-0.05, 0) is 43.7 Å². The van der Waals surface area contributed by atoms with E-state index in [9.17, 15) is 4.79 Å². The lowest BCUT2D eigenvalue weighted by Crippen LogP contribution is -2.18. The highest BCUT2D eigenvalue weighted by Gasteiger charge is 2.22. The van der Waals surface area contributed by atoms with E-state index >= 15 is 0 Å². The first-order valence-corrected chi connectivity index (χ1v) is 9.51. The summed E-state index contributed by atoms with van der Waals surface area (Å²) in [4.78, 5) is 12.1. The SMILES string of the molecule is CCCc1c(CCC)c(CCC)n(CC(=O)OCC)c1CCC. The minimum absolute atomic E-state index is 0.108. The van der Waals surface area contributed by atoms with Crippen molar-refractivity contribution < 1.29 is 9.53 Å². The van der Waals surface area contributed by atoms with Crippen molar-refractivity contribution in [3.63, 3.8) is 0 Å². The van der Waals surface area contributed by atoms with Crippen molar-refractivity contribution in [1.82, 2.24) is 4.57 Å². The van der Waals surface area contributed by atoms with E-state index in [4.69, 9.17) is 4.74 Å². The Bertz CT molecular complexity index is 455. The molecule has 3 nitrogen and oxygen atoms in total. The molecule has 23 heavy (non-hydrogen) atoms. The smallest absolute Gasteiger partial charge is 0.325 e. The summed E-state index contributed by atoms with van der Waals surface area (Å²) in [5.74, 6) is -0.108. The van der Waals surface area contributed by atoms with Gasteiger partial charge in [0.1, 0.15) is 6.54 Å². The fraction of sp³-hybridized carbons (Fsp3) is 0.750. The van der Waals surface area contributed by atoms with E-state index in [1.54, 1.807) is 0 Å². The molecule has 0 amide bonds. The van der Waals surface area contributed by atoms with Crippen LogP contribution in [-0.4, -0.2) is 17.1 Å². The number of rotatable bonds is 11. The number of ether oxygens (including phenoxy) is 1. The van der Waals surface area contributed by atoms with Crippen LogP contribution in [0.15, 0.2) is 0 Å². The van der Waals surface area contributed by atoms with Crippen molar-refractivity contribution in [2.24, 2.45) is 0 Å². The molecule has 0 fully saturated rings. The van der Waals surface area contributed by atoms with E-state index in [1.165, 1.54) is 22.5 Å². The van der Waals surface area contributed by atoms with E-state index in [2.05, 4.69) is 32.3 Å². The molecule has 0 radical (unpaired) electrons. The van der Waals surface area contributed by atoms with Gasteiger partial charge in [0.15, 0.2) is 0 Å². The second-order valence-corrected chi connectivity index (χ2v) is 6.24. The van der Waals surface area contributed by atoms with E-state index in [-0.39, 0.29) is 5.97 Å². The maximum atomic E-state index is 12.1. The van der Waals surface area contributed by atoms with Crippen molar-refractivity contribution in [2.75, 3.05) is 6.61 Å². The summed E-state index contributed by atoms with van der Waals surface area (Å²) >= 11 is 0. The minimum atomic E-state index is -0.108. The molecule has 0 spiro atoms. The molecule has 0 N–H and O–H groups in total. The van der Waals surface area contributed by atoms with Crippen LogP contribution in [0.4, 0.5) is 0 Å². The van der Waals surface area contributed by atoms with Crippen LogP contribution in [0.1, 0.15) is 82.8 Å². The predicted octanol–water partition coefficient (Wildman–Crippen LogP) is 4.86. The van der Waals surface area contributed by atoms with E-state index < -0.39 is 0 Å². The Kier molecular flexibility index (Phi) is 9.05. The van der Waals surface area contributed by atoms with Crippen molar-refractivity contribution >= 4 is 5.97 Å². The average molecular weight is 322 g/mol. The first-order valence-electron chi connectivity index (χ1n) is 9.51. The number of carbonyl (C=O) groups excluding carboxylic acids is 1. The molecule has 1 aromatic rings. The largest absolute Gasteiger partial charge is 0.465 e. The van der Waals surface area contributed by atoms with Crippen molar-refractivity contribution in [3.05, 3.63) is 22.5 Å². The summed E-state index contributed by atoms with van der Waals surface area (Å²) in [5.41, 5.74) is 5.80. The first kappa shape index (κ1) is 19.8. The van der Waals surface area contributed by atoms with Crippen LogP contribution in [0.5, 0.6) is 0 Å². The Hall–Kier alpha value is -1.25. The molecule has 0 unspecified atom stereocenters. The molecule has 0 aromatic carbocycles. The highest BCUT2D eigenvalue weighted by molar-refractivity contribution is 5.69. The summed E-state index contributed by atoms with van der Waals surface area (Å²) in [6, 6.07) is 0. The molecule has 0 aliphatic carbocycles. The van der Waals surface area contributed by atoms with Gasteiger partial charge < -0.3 is 9.30 Å². The molecule has 0 atom stereocenters. The van der Waals surface area contributed by atoms with Gasteiger partial charge in [0, 0.05) is 11.4 Å². The third-order valence-electron chi connectivity index (χ3n) is 4.28. The van der Waals surface area contributed by atoms with Crippen molar-refractivity contribution in [2.45, 2.75) is 92.5 Å². The molecule has 0 saturated carbocycles. The summed E-state index contributed by atoms with van der Waals surface area (Å²) in [6.07, 6.45) is 8.88. The summed E-state index contributed by atoms with van der Waals surface area (Å²) < 4.78 is 7.51. The fourth-order valence-corrected chi connectivity index (χ4v) is 3.50. The number of hydrogen-bond acceptors (Lipinski definition) is 2. The van der Waals surface area contributed by atoms with Gasteiger partial charge in [-0.3, -0.25) is 4.79 Å². The molecule has 0 saturated heterocycles. The van der Waals surface area contributed by atoms with Crippen LogP contribution in [0.2, 0.25) is 0 Å². The Morgan fingerprint density at radius 1 is 0.783 bits per heavy atom. The molecular formula is C20H35NO2. The lowest BCUT2D eigenvalue weighted by Gasteiger charge is -2.13. The third kappa shape index (κ3) is 5.12. The average Bonchev–Trinajstić information content (AvgIpc) is 2.76. The molecule has 3 heteroatoms. The lowest BCUT2D eigenvalue weighted by molar-refractivity contribution is -0.143. The summed E-state index contributed by atoms with van der Waals surface area (Å²) in [5, 5.41) is 0. The maximum absolute atomic E-state index is 12.1. The molecule has 1 heterocycles. The normalized spacial score (nSPS) is 11.0. The van der Waals surface area contributed by atoms with Gasteiger partial charge in [-0.2, -0.15) is 0 Å². The van der Waals surface area contributed by atoms with Gasteiger partial charge in [-0.15, -0.1) is 0 Å². The van der Waals surface area contributed by atoms with Crippen LogP contribution in [0, 0.1) is 0 Å². The van der Waals surface area contributed by atoms with Gasteiger partial charge in [-0.25, -0.2) is 0 Å². The van der Waals surface area contributed by atoms with E-state index in [1.807, 2.05) is 6.92 Å². The quantitative estimate of drug-likeness (QED) is 0.545. The molecule has 1 rings (SSSR count). The summed E-state index contributed by atoms with van der Waals surface area (Å²) in [7, 11) is 0. The van der Waals surface area contributed by atoms with Crippen LogP contribution >= 0.6 is 0 Å². The van der Waals surface area contributed by atoms with Gasteiger partial charge in [0.25, 0.3) is 0 Å². The molecular weight excluding hydrogens is 286 g/mol. The minimum Gasteiger partial charge on any atom is -0.465 e. The molecule has 132 valence electrons. The number of carbonyl (C=O) groups is 1. The van der Waals surface area contributed by atoms with E-state index in [0.29, 0.717) is 13.2 Å². The highest BCUT2D eigenvalue weighted by atomic mass is 16.5. The zero-order chi connectivity index (χ0) is 17.2. The zero-order valence-electron chi connectivity index (χ0n) is 15.8. The molecule has 0 aliphatic heterocycles. The van der Waals surface area contributed by atoms with Gasteiger partial charge in [0.2, 0.25) is 0 Å². The van der Waals surface area contributed by atoms with Crippen molar-refractivity contribution in [1.29, 1.82) is 0 Å². The van der Waals surface area contributed by atoms with Crippen LogP contribution in [-0.2, 0) is 41.8 Å². The Labute approximate surface area is 142 Å². The van der Waals surface area contributed by atoms with E-state index in [0.717, 1.165) is 51.4 Å². The lowest BCUT2D eigenvalue weighted by atomic mass is 9.97. The Morgan fingerprint density at radius 3 is 1.57 bits per heavy atom. The Balaban J connectivity index is 3.39. The fourth-order valence-electron chi connectivity index (χ4n) is 3.50. The van der Waals surface area contributed by atoms with Gasteiger partial charge in [-0.1, -0.05) is 53.4 Å². The number of hydrogen-bond donors (Lipinski definition) is 0. The molecule has 1 aromatic heterocycles. The number of nitrogens with zero attached hydrogens (tertiary/aromatic N) is 1. The molecule has 0 aliphatic rings. The first-order chi connectivity index (χ1) is 11.1. The summed E-state index contributed by atoms with van der Waals surface area (Å²) in [6.45, 7) is 11.6. The van der Waals surface area contributed by atoms with Crippen LogP contribution < -0.4 is 0 Å². The monoisotopic (exact) mass is 321 g/mol. The zero-order valence-corrected chi connectivity index (χ0v) is 15.8. The third-order valence-corrected chi connectivity index (χ3v) is 4.28. The standard InChI is InChI=1S/C20H35NO2/c1-6-11-16-17(12-7-2)19(14-9-4)21(18(16)13-8-3)15-20(22)23-10-5/h6-15H2,1-5H3. The van der Waals surface area contributed by atoms with Crippen LogP contribution in [0.3, 0.4) is 0 Å². The molecule has 0 bridgehead atoms. The van der Waals surface area contributed by atoms with Crippen molar-refractivity contribution in [3.8, 4) is 0 Å². The second kappa shape index (κ2) is 10.5. The second-order valence-electron chi connectivity index (χ2n) is 6.24. The van der Waals surface area contributed by atoms with Crippen LogP contribution in [0.25, 0.3) is 0 Å². The van der Waals surface area contributed by atoms with Gasteiger partial charge in [0.05, 0.1) is 6.61 Å². The maximum Gasteiger partial charge on any atom is 0.325 e.